The van der Waals surface area contributed by atoms with Gasteiger partial charge in [-0.3, -0.25) is 0 Å². The zero-order valence-corrected chi connectivity index (χ0v) is 11.8. The number of nitrogens with zero attached hydrogens (tertiary/aromatic N) is 2. The molecular formula is C11H8BrClN2OS. The van der Waals surface area contributed by atoms with Crippen LogP contribution >= 0.6 is 39.3 Å². The number of rotatable bonds is 3. The maximum atomic E-state index is 9.24. The van der Waals surface area contributed by atoms with Crippen molar-refractivity contribution in [2.75, 3.05) is 0 Å². The Hall–Kier alpha value is -0.620. The highest BCUT2D eigenvalue weighted by molar-refractivity contribution is 9.10. The van der Waals surface area contributed by atoms with E-state index in [9.17, 15) is 5.11 Å². The first-order chi connectivity index (χ1) is 8.20. The van der Waals surface area contributed by atoms with Crippen LogP contribution in [0, 0.1) is 0 Å². The molecule has 0 atom stereocenters. The van der Waals surface area contributed by atoms with E-state index in [1.807, 2.05) is 24.3 Å². The van der Waals surface area contributed by atoms with E-state index in [1.54, 1.807) is 0 Å². The first kappa shape index (κ1) is 12.8. The number of hydrogen-bond donors (Lipinski definition) is 1. The lowest BCUT2D eigenvalue weighted by Gasteiger charge is -2.06. The summed E-state index contributed by atoms with van der Waals surface area (Å²) in [5, 5.41) is 10.2. The van der Waals surface area contributed by atoms with Crippen molar-refractivity contribution in [1.29, 1.82) is 0 Å². The molecule has 0 saturated heterocycles. The van der Waals surface area contributed by atoms with E-state index >= 15 is 0 Å². The molecule has 0 aliphatic heterocycles. The first-order valence-corrected chi connectivity index (χ1v) is 6.73. The standard InChI is InChI=1S/C11H8BrClN2OS/c12-7-2-1-3-8(4-7)17-11-9(5-16)10(13)14-6-15-11/h1-4,6,16H,5H2. The van der Waals surface area contributed by atoms with E-state index in [-0.39, 0.29) is 6.61 Å². The summed E-state index contributed by atoms with van der Waals surface area (Å²) in [4.78, 5) is 8.99. The van der Waals surface area contributed by atoms with Gasteiger partial charge in [-0.2, -0.15) is 0 Å². The topological polar surface area (TPSA) is 46.0 Å². The largest absolute Gasteiger partial charge is 0.391 e. The van der Waals surface area contributed by atoms with Gasteiger partial charge < -0.3 is 5.11 Å². The van der Waals surface area contributed by atoms with Crippen molar-refractivity contribution in [3.8, 4) is 0 Å². The third-order valence-corrected chi connectivity index (χ3v) is 3.88. The summed E-state index contributed by atoms with van der Waals surface area (Å²) in [6, 6.07) is 7.83. The number of hydrogen-bond acceptors (Lipinski definition) is 4. The SMILES string of the molecule is OCc1c(Cl)ncnc1Sc1cccc(Br)c1. The van der Waals surface area contributed by atoms with Gasteiger partial charge in [-0.15, -0.1) is 0 Å². The van der Waals surface area contributed by atoms with Crippen LogP contribution in [0.25, 0.3) is 0 Å². The first-order valence-electron chi connectivity index (χ1n) is 4.74. The molecule has 2 rings (SSSR count). The van der Waals surface area contributed by atoms with Gasteiger partial charge in [0.05, 0.1) is 6.61 Å². The maximum Gasteiger partial charge on any atom is 0.139 e. The van der Waals surface area contributed by atoms with Crippen molar-refractivity contribution in [2.24, 2.45) is 0 Å². The summed E-state index contributed by atoms with van der Waals surface area (Å²) in [7, 11) is 0. The Kier molecular flexibility index (Phi) is 4.39. The minimum absolute atomic E-state index is 0.171. The second-order valence-electron chi connectivity index (χ2n) is 3.17. The summed E-state index contributed by atoms with van der Waals surface area (Å²) >= 11 is 10.7. The molecule has 0 saturated carbocycles. The normalized spacial score (nSPS) is 10.5. The fourth-order valence-electron chi connectivity index (χ4n) is 1.24. The summed E-state index contributed by atoms with van der Waals surface area (Å²) in [5.41, 5.74) is 0.555. The molecule has 88 valence electrons. The third-order valence-electron chi connectivity index (χ3n) is 2.02. The fraction of sp³-hybridized carbons (Fsp3) is 0.0909. The van der Waals surface area contributed by atoms with Crippen LogP contribution in [0.2, 0.25) is 5.15 Å². The fourth-order valence-corrected chi connectivity index (χ4v) is 2.98. The van der Waals surface area contributed by atoms with Crippen molar-refractivity contribution >= 4 is 39.3 Å². The molecule has 0 fully saturated rings. The minimum atomic E-state index is -0.171. The number of aliphatic hydroxyl groups is 1. The monoisotopic (exact) mass is 330 g/mol. The van der Waals surface area contributed by atoms with E-state index < -0.39 is 0 Å². The molecule has 1 aromatic carbocycles. The molecule has 0 unspecified atom stereocenters. The van der Waals surface area contributed by atoms with Crippen LogP contribution in [0.5, 0.6) is 0 Å². The van der Waals surface area contributed by atoms with Crippen LogP contribution in [-0.2, 0) is 6.61 Å². The Morgan fingerprint density at radius 2 is 2.18 bits per heavy atom. The lowest BCUT2D eigenvalue weighted by molar-refractivity contribution is 0.277. The van der Waals surface area contributed by atoms with E-state index in [0.717, 1.165) is 9.37 Å². The molecule has 1 N–H and O–H groups in total. The van der Waals surface area contributed by atoms with Crippen LogP contribution in [0.4, 0.5) is 0 Å². The van der Waals surface area contributed by atoms with Crippen molar-refractivity contribution in [3.05, 3.63) is 45.8 Å². The van der Waals surface area contributed by atoms with Gasteiger partial charge in [0, 0.05) is 14.9 Å². The molecule has 1 heterocycles. The summed E-state index contributed by atoms with van der Waals surface area (Å²) in [6.07, 6.45) is 1.39. The van der Waals surface area contributed by atoms with Gasteiger partial charge in [0.15, 0.2) is 0 Å². The number of halogens is 2. The van der Waals surface area contributed by atoms with Gasteiger partial charge >= 0.3 is 0 Å². The average Bonchev–Trinajstić information content (AvgIpc) is 2.29. The highest BCUT2D eigenvalue weighted by atomic mass is 79.9. The third kappa shape index (κ3) is 3.19. The Morgan fingerprint density at radius 1 is 1.35 bits per heavy atom. The summed E-state index contributed by atoms with van der Waals surface area (Å²) in [6.45, 7) is -0.171. The molecule has 0 spiro atoms. The van der Waals surface area contributed by atoms with E-state index in [0.29, 0.717) is 15.7 Å². The van der Waals surface area contributed by atoms with Crippen LogP contribution in [-0.4, -0.2) is 15.1 Å². The predicted octanol–water partition coefficient (Wildman–Crippen LogP) is 3.54. The van der Waals surface area contributed by atoms with Crippen molar-refractivity contribution in [1.82, 2.24) is 9.97 Å². The van der Waals surface area contributed by atoms with Gasteiger partial charge in [0.1, 0.15) is 16.5 Å². The number of benzene rings is 1. The lowest BCUT2D eigenvalue weighted by atomic mass is 10.4. The average molecular weight is 332 g/mol. The number of aromatic nitrogens is 2. The second kappa shape index (κ2) is 5.82. The lowest BCUT2D eigenvalue weighted by Crippen LogP contribution is -1.95. The molecule has 0 amide bonds. The summed E-state index contributed by atoms with van der Waals surface area (Å²) in [5.74, 6) is 0. The van der Waals surface area contributed by atoms with Gasteiger partial charge in [0.2, 0.25) is 0 Å². The Labute approximate surface area is 116 Å². The molecule has 1 aromatic heterocycles. The molecule has 6 heteroatoms. The quantitative estimate of drug-likeness (QED) is 0.874. The zero-order valence-electron chi connectivity index (χ0n) is 8.60. The van der Waals surface area contributed by atoms with E-state index in [1.165, 1.54) is 18.1 Å². The minimum Gasteiger partial charge on any atom is -0.391 e. The van der Waals surface area contributed by atoms with Crippen molar-refractivity contribution < 1.29 is 5.11 Å². The van der Waals surface area contributed by atoms with Crippen LogP contribution in [0.1, 0.15) is 5.56 Å². The molecule has 0 bridgehead atoms. The van der Waals surface area contributed by atoms with Crippen molar-refractivity contribution in [2.45, 2.75) is 16.5 Å². The Bertz CT molecular complexity index is 539. The Morgan fingerprint density at radius 3 is 2.88 bits per heavy atom. The van der Waals surface area contributed by atoms with Gasteiger partial charge in [-0.1, -0.05) is 45.4 Å². The Balaban J connectivity index is 2.33. The molecule has 0 aliphatic carbocycles. The van der Waals surface area contributed by atoms with E-state index in [4.69, 9.17) is 11.6 Å². The van der Waals surface area contributed by atoms with Crippen molar-refractivity contribution in [3.63, 3.8) is 0 Å². The second-order valence-corrected chi connectivity index (χ2v) is 5.50. The summed E-state index contributed by atoms with van der Waals surface area (Å²) < 4.78 is 0.994. The molecule has 0 radical (unpaired) electrons. The molecule has 0 aliphatic rings. The van der Waals surface area contributed by atoms with E-state index in [2.05, 4.69) is 25.9 Å². The molecule has 17 heavy (non-hydrogen) atoms. The van der Waals surface area contributed by atoms with Gasteiger partial charge in [0.25, 0.3) is 0 Å². The highest BCUT2D eigenvalue weighted by Crippen LogP contribution is 2.32. The molecule has 3 nitrogen and oxygen atoms in total. The maximum absolute atomic E-state index is 9.24. The molecular weight excluding hydrogens is 324 g/mol. The highest BCUT2D eigenvalue weighted by Gasteiger charge is 2.10. The van der Waals surface area contributed by atoms with Gasteiger partial charge in [-0.05, 0) is 18.2 Å². The van der Waals surface area contributed by atoms with Gasteiger partial charge in [-0.25, -0.2) is 9.97 Å². The van der Waals surface area contributed by atoms with Crippen LogP contribution in [0.15, 0.2) is 45.0 Å². The van der Waals surface area contributed by atoms with Crippen LogP contribution < -0.4 is 0 Å². The smallest absolute Gasteiger partial charge is 0.139 e. The number of aliphatic hydroxyl groups excluding tert-OH is 1. The predicted molar refractivity (Wildman–Crippen MR) is 71.2 cm³/mol. The zero-order chi connectivity index (χ0) is 12.3. The van der Waals surface area contributed by atoms with Crippen LogP contribution in [0.3, 0.4) is 0 Å². The molecule has 2 aromatic rings.